The summed E-state index contributed by atoms with van der Waals surface area (Å²) in [7, 11) is 0. The van der Waals surface area contributed by atoms with Gasteiger partial charge in [-0.3, -0.25) is 14.9 Å². The summed E-state index contributed by atoms with van der Waals surface area (Å²) in [6, 6.07) is 4.83. The van der Waals surface area contributed by atoms with Gasteiger partial charge in [0.05, 0.1) is 10.3 Å². The smallest absolute Gasteiger partial charge is 0.311 e. The molecule has 108 valence electrons. The molecule has 1 aliphatic carbocycles. The number of para-hydroxylation sites is 1. The summed E-state index contributed by atoms with van der Waals surface area (Å²) in [6.07, 6.45) is 3.03. The highest BCUT2D eigenvalue weighted by molar-refractivity contribution is 5.76. The summed E-state index contributed by atoms with van der Waals surface area (Å²) in [6.45, 7) is 2.01. The van der Waals surface area contributed by atoms with E-state index in [0.29, 0.717) is 18.5 Å². The summed E-state index contributed by atoms with van der Waals surface area (Å²) in [5.41, 5.74) is 0.363. The van der Waals surface area contributed by atoms with Crippen LogP contribution in [0.5, 0.6) is 0 Å². The van der Waals surface area contributed by atoms with Crippen molar-refractivity contribution in [1.29, 1.82) is 0 Å². The maximum absolute atomic E-state index is 11.5. The SMILES string of the molecule is Cc1cccc([N+](=O)[O-])c1NCC1(C(=O)O)CCCC1. The second kappa shape index (κ2) is 5.48. The summed E-state index contributed by atoms with van der Waals surface area (Å²) in [4.78, 5) is 22.1. The first-order valence-electron chi connectivity index (χ1n) is 6.67. The minimum atomic E-state index is -0.821. The van der Waals surface area contributed by atoms with Crippen molar-refractivity contribution >= 4 is 17.3 Å². The van der Waals surface area contributed by atoms with Crippen molar-refractivity contribution in [3.63, 3.8) is 0 Å². The molecule has 0 bridgehead atoms. The monoisotopic (exact) mass is 278 g/mol. The molecule has 1 aromatic rings. The van der Waals surface area contributed by atoms with Gasteiger partial charge in [-0.1, -0.05) is 25.0 Å². The summed E-state index contributed by atoms with van der Waals surface area (Å²) in [5.74, 6) is -0.821. The van der Waals surface area contributed by atoms with Crippen LogP contribution in [0, 0.1) is 22.5 Å². The topological polar surface area (TPSA) is 92.5 Å². The van der Waals surface area contributed by atoms with Gasteiger partial charge in [-0.15, -0.1) is 0 Å². The highest BCUT2D eigenvalue weighted by Gasteiger charge is 2.41. The second-order valence-electron chi connectivity index (χ2n) is 5.37. The second-order valence-corrected chi connectivity index (χ2v) is 5.37. The zero-order valence-corrected chi connectivity index (χ0v) is 11.4. The molecule has 1 saturated carbocycles. The van der Waals surface area contributed by atoms with Crippen molar-refractivity contribution in [3.05, 3.63) is 33.9 Å². The fraction of sp³-hybridized carbons (Fsp3) is 0.500. The fourth-order valence-corrected chi connectivity index (χ4v) is 2.81. The molecule has 1 aromatic carbocycles. The van der Waals surface area contributed by atoms with Crippen LogP contribution in [0.2, 0.25) is 0 Å². The summed E-state index contributed by atoms with van der Waals surface area (Å²) >= 11 is 0. The standard InChI is InChI=1S/C14H18N2O4/c1-10-5-4-6-11(16(19)20)12(10)15-9-14(13(17)18)7-2-3-8-14/h4-6,15H,2-3,7-9H2,1H3,(H,17,18). The largest absolute Gasteiger partial charge is 0.481 e. The molecule has 0 heterocycles. The minimum Gasteiger partial charge on any atom is -0.481 e. The molecule has 0 aromatic heterocycles. The lowest BCUT2D eigenvalue weighted by atomic mass is 9.86. The summed E-state index contributed by atoms with van der Waals surface area (Å²) < 4.78 is 0. The fourth-order valence-electron chi connectivity index (χ4n) is 2.81. The number of nitro benzene ring substituents is 1. The maximum atomic E-state index is 11.5. The van der Waals surface area contributed by atoms with Crippen LogP contribution in [0.1, 0.15) is 31.2 Å². The van der Waals surface area contributed by atoms with Crippen molar-refractivity contribution in [1.82, 2.24) is 0 Å². The van der Waals surface area contributed by atoms with Crippen molar-refractivity contribution in [3.8, 4) is 0 Å². The molecule has 0 aliphatic heterocycles. The molecule has 0 spiro atoms. The van der Waals surface area contributed by atoms with Gasteiger partial charge in [0, 0.05) is 12.6 Å². The lowest BCUT2D eigenvalue weighted by Crippen LogP contribution is -2.35. The van der Waals surface area contributed by atoms with Gasteiger partial charge in [0.15, 0.2) is 0 Å². The molecule has 0 radical (unpaired) electrons. The van der Waals surface area contributed by atoms with Gasteiger partial charge in [-0.05, 0) is 25.3 Å². The van der Waals surface area contributed by atoms with Gasteiger partial charge >= 0.3 is 5.97 Å². The van der Waals surface area contributed by atoms with Crippen LogP contribution >= 0.6 is 0 Å². The Labute approximate surface area is 117 Å². The van der Waals surface area contributed by atoms with E-state index < -0.39 is 16.3 Å². The van der Waals surface area contributed by atoms with Gasteiger partial charge < -0.3 is 10.4 Å². The number of carboxylic acid groups (broad SMARTS) is 1. The van der Waals surface area contributed by atoms with Gasteiger partial charge in [0.25, 0.3) is 5.69 Å². The zero-order chi connectivity index (χ0) is 14.8. The molecule has 1 fully saturated rings. The number of hydrogen-bond donors (Lipinski definition) is 2. The molecule has 0 saturated heterocycles. The highest BCUT2D eigenvalue weighted by atomic mass is 16.6. The molecule has 6 heteroatoms. The lowest BCUT2D eigenvalue weighted by molar-refractivity contribution is -0.384. The van der Waals surface area contributed by atoms with Crippen LogP contribution in [0.25, 0.3) is 0 Å². The van der Waals surface area contributed by atoms with Crippen LogP contribution in [0.15, 0.2) is 18.2 Å². The van der Waals surface area contributed by atoms with E-state index in [1.165, 1.54) is 6.07 Å². The third-order valence-corrected chi connectivity index (χ3v) is 4.07. The quantitative estimate of drug-likeness (QED) is 0.638. The number of benzene rings is 1. The number of nitro groups is 1. The van der Waals surface area contributed by atoms with Crippen LogP contribution in [0.4, 0.5) is 11.4 Å². The number of nitrogens with zero attached hydrogens (tertiary/aromatic N) is 1. The van der Waals surface area contributed by atoms with Crippen molar-refractivity contribution in [2.45, 2.75) is 32.6 Å². The number of aryl methyl sites for hydroxylation is 1. The van der Waals surface area contributed by atoms with E-state index in [4.69, 9.17) is 0 Å². The zero-order valence-electron chi connectivity index (χ0n) is 11.4. The van der Waals surface area contributed by atoms with E-state index in [-0.39, 0.29) is 12.2 Å². The Kier molecular flexibility index (Phi) is 3.92. The number of aliphatic carboxylic acids is 1. The Morgan fingerprint density at radius 2 is 2.10 bits per heavy atom. The van der Waals surface area contributed by atoms with Gasteiger partial charge in [-0.25, -0.2) is 0 Å². The van der Waals surface area contributed by atoms with Gasteiger partial charge in [0.2, 0.25) is 0 Å². The van der Waals surface area contributed by atoms with E-state index in [9.17, 15) is 20.0 Å². The average Bonchev–Trinajstić information content (AvgIpc) is 2.87. The molecular formula is C14H18N2O4. The summed E-state index contributed by atoms with van der Waals surface area (Å²) in [5, 5.41) is 23.5. The lowest BCUT2D eigenvalue weighted by Gasteiger charge is -2.25. The number of rotatable bonds is 5. The Hall–Kier alpha value is -2.11. The number of nitrogens with one attached hydrogen (secondary N) is 1. The molecule has 0 atom stereocenters. The Balaban J connectivity index is 2.22. The van der Waals surface area contributed by atoms with Gasteiger partial charge in [0.1, 0.15) is 5.69 Å². The molecule has 6 nitrogen and oxygen atoms in total. The van der Waals surface area contributed by atoms with E-state index in [0.717, 1.165) is 18.4 Å². The first kappa shape index (κ1) is 14.3. The van der Waals surface area contributed by atoms with E-state index in [1.807, 2.05) is 0 Å². The minimum absolute atomic E-state index is 0.0106. The number of anilines is 1. The Bertz CT molecular complexity index is 536. The maximum Gasteiger partial charge on any atom is 0.311 e. The van der Waals surface area contributed by atoms with E-state index in [1.54, 1.807) is 19.1 Å². The normalized spacial score (nSPS) is 16.9. The molecule has 0 amide bonds. The molecule has 1 aliphatic rings. The Morgan fingerprint density at radius 3 is 2.65 bits per heavy atom. The van der Waals surface area contributed by atoms with Crippen LogP contribution < -0.4 is 5.32 Å². The van der Waals surface area contributed by atoms with Crippen molar-refractivity contribution in [2.75, 3.05) is 11.9 Å². The van der Waals surface area contributed by atoms with Crippen molar-refractivity contribution < 1.29 is 14.8 Å². The van der Waals surface area contributed by atoms with Crippen LogP contribution in [-0.2, 0) is 4.79 Å². The van der Waals surface area contributed by atoms with E-state index >= 15 is 0 Å². The first-order valence-corrected chi connectivity index (χ1v) is 6.67. The third-order valence-electron chi connectivity index (χ3n) is 4.07. The number of carbonyl (C=O) groups is 1. The van der Waals surface area contributed by atoms with Gasteiger partial charge in [-0.2, -0.15) is 0 Å². The predicted octanol–water partition coefficient (Wildman–Crippen LogP) is 2.96. The molecule has 0 unspecified atom stereocenters. The third kappa shape index (κ3) is 2.59. The average molecular weight is 278 g/mol. The molecule has 20 heavy (non-hydrogen) atoms. The first-order chi connectivity index (χ1) is 9.46. The molecule has 2 rings (SSSR count). The van der Waals surface area contributed by atoms with Crippen LogP contribution in [0.3, 0.4) is 0 Å². The molecular weight excluding hydrogens is 260 g/mol. The van der Waals surface area contributed by atoms with Crippen molar-refractivity contribution in [2.24, 2.45) is 5.41 Å². The number of hydrogen-bond acceptors (Lipinski definition) is 4. The van der Waals surface area contributed by atoms with E-state index in [2.05, 4.69) is 5.32 Å². The van der Waals surface area contributed by atoms with Crippen LogP contribution in [-0.4, -0.2) is 22.5 Å². The molecule has 2 N–H and O–H groups in total. The Morgan fingerprint density at radius 1 is 1.45 bits per heavy atom. The predicted molar refractivity (Wildman–Crippen MR) is 74.9 cm³/mol. The number of carboxylic acids is 1. The highest BCUT2D eigenvalue weighted by Crippen LogP contribution is 2.39.